The molecule has 0 spiro atoms. The molecule has 3 fully saturated rings. The van der Waals surface area contributed by atoms with Gasteiger partial charge in [0.05, 0.1) is 91.0 Å². The van der Waals surface area contributed by atoms with Crippen LogP contribution in [0.3, 0.4) is 0 Å². The quantitative estimate of drug-likeness (QED) is 0.00858. The van der Waals surface area contributed by atoms with E-state index >= 15 is 0 Å². The van der Waals surface area contributed by atoms with E-state index in [1.54, 1.807) is 95.8 Å². The van der Waals surface area contributed by atoms with Gasteiger partial charge in [0, 0.05) is 41.5 Å². The predicted molar refractivity (Wildman–Crippen MR) is 478 cm³/mol. The van der Waals surface area contributed by atoms with Crippen LogP contribution in [0.4, 0.5) is 0 Å². The number of carbonyl (C=O) groups excluding carboxylic acids is 10. The maximum Gasteiger partial charge on any atom is 0.341 e. The van der Waals surface area contributed by atoms with E-state index in [1.165, 1.54) is 49.3 Å². The highest BCUT2D eigenvalue weighted by molar-refractivity contribution is 7.22. The zero-order valence-corrected chi connectivity index (χ0v) is 74.2. The molecule has 0 radical (unpaired) electrons. The highest BCUT2D eigenvalue weighted by Gasteiger charge is 2.33. The van der Waals surface area contributed by atoms with Crippen LogP contribution in [0.5, 0.6) is 46.0 Å². The molecule has 0 atom stereocenters. The number of ether oxygens (including phenoxy) is 14. The Labute approximate surface area is 741 Å². The molecule has 0 bridgehead atoms. The van der Waals surface area contributed by atoms with Crippen molar-refractivity contribution in [2.75, 3.05) is 74.9 Å². The van der Waals surface area contributed by atoms with Crippen molar-refractivity contribution in [1.82, 2.24) is 4.98 Å². The zero-order chi connectivity index (χ0) is 91.0. The molecule has 27 heteroatoms. The number of fused-ring (bicyclic) bond motifs is 2. The number of furan rings is 1. The van der Waals surface area contributed by atoms with Gasteiger partial charge in [-0.05, 0) is 281 Å². The van der Waals surface area contributed by atoms with Crippen LogP contribution in [0.1, 0.15) is 199 Å². The molecule has 2 heterocycles. The summed E-state index contributed by atoms with van der Waals surface area (Å²) in [6.07, 6.45) is 24.7. The van der Waals surface area contributed by atoms with Gasteiger partial charge in [0.1, 0.15) is 61.9 Å². The Morgan fingerprint density at radius 3 is 1.20 bits per heavy atom. The molecular weight excluding hydrogens is 1640 g/mol. The molecule has 3 saturated carbocycles. The van der Waals surface area contributed by atoms with Crippen molar-refractivity contribution in [2.24, 2.45) is 23.7 Å². The number of hydrogen-bond acceptors (Lipinski definition) is 27. The molecule has 676 valence electrons. The lowest BCUT2D eigenvalue weighted by Gasteiger charge is -2.25. The Morgan fingerprint density at radius 2 is 0.770 bits per heavy atom. The van der Waals surface area contributed by atoms with E-state index in [0.29, 0.717) is 152 Å². The summed E-state index contributed by atoms with van der Waals surface area (Å²) >= 11 is 1.36. The summed E-state index contributed by atoms with van der Waals surface area (Å²) in [5.41, 5.74) is 4.59. The van der Waals surface area contributed by atoms with Gasteiger partial charge in [0.2, 0.25) is 6.79 Å². The second kappa shape index (κ2) is 55.8. The lowest BCUT2D eigenvalue weighted by Crippen LogP contribution is -2.28. The molecule has 3 aliphatic rings. The third kappa shape index (κ3) is 34.6. The van der Waals surface area contributed by atoms with Gasteiger partial charge < -0.3 is 70.7 Å². The van der Waals surface area contributed by atoms with Crippen molar-refractivity contribution >= 4 is 91.8 Å². The number of ketones is 2. The number of rotatable bonds is 41. The first-order valence-electron chi connectivity index (χ1n) is 42.8. The van der Waals surface area contributed by atoms with Gasteiger partial charge in [0.15, 0.2) is 22.3 Å². The Kier molecular flexibility index (Phi) is 44.6. The SMILES string of the molecule is C=CC(=O)OCCCCCCOC(=O)c1ccc(OC)cc1.C=CC(=O)OCCCCCCOc1ccc(OC)cc1.C=CC(=O)OCCCCOc1ccc(OC)cc1.C=CC(=O)OCOC(=O)c1ccc(OC)cc1.CC(=O)C1CCC(C(=O)Oc2ccc(OC(=O)C3CCC(C(C)=O)CC3)c3sc(-c4cc5c(C)ccc(C6CCCCC6)c5o4)nc23)CC1. The summed E-state index contributed by atoms with van der Waals surface area (Å²) in [7, 11) is 6.37. The highest BCUT2D eigenvalue weighted by atomic mass is 32.1. The Bertz CT molecular complexity index is 4730. The van der Waals surface area contributed by atoms with Crippen molar-refractivity contribution in [3.05, 3.63) is 200 Å². The van der Waals surface area contributed by atoms with E-state index in [9.17, 15) is 47.9 Å². The van der Waals surface area contributed by atoms with E-state index in [1.807, 2.05) is 54.6 Å². The maximum atomic E-state index is 13.4. The Hall–Kier alpha value is -12.4. The molecule has 6 aromatic carbocycles. The lowest BCUT2D eigenvalue weighted by molar-refractivity contribution is -0.146. The van der Waals surface area contributed by atoms with Crippen molar-refractivity contribution in [1.29, 1.82) is 0 Å². The second-order valence-electron chi connectivity index (χ2n) is 30.1. The van der Waals surface area contributed by atoms with Crippen molar-refractivity contribution in [3.8, 4) is 56.8 Å². The summed E-state index contributed by atoms with van der Waals surface area (Å²) in [6, 6.07) is 37.9. The van der Waals surface area contributed by atoms with E-state index in [4.69, 9.17) is 71.0 Å². The lowest BCUT2D eigenvalue weighted by atomic mass is 9.80. The monoisotopic (exact) mass is 1750 g/mol. The van der Waals surface area contributed by atoms with Crippen LogP contribution >= 0.6 is 11.3 Å². The first kappa shape index (κ1) is 101. The second-order valence-corrected chi connectivity index (χ2v) is 31.1. The fraction of sp³-hybridized carbons (Fsp3) is 0.424. The molecule has 0 amide bonds. The predicted octanol–water partition coefficient (Wildman–Crippen LogP) is 20.3. The average Bonchev–Trinajstić information content (AvgIpc) is 1.60. The van der Waals surface area contributed by atoms with E-state index in [-0.39, 0.29) is 65.1 Å². The summed E-state index contributed by atoms with van der Waals surface area (Å²) in [5.74, 6) is 2.87. The van der Waals surface area contributed by atoms with Crippen LogP contribution in [0.2, 0.25) is 0 Å². The molecule has 0 saturated heterocycles. The largest absolute Gasteiger partial charge is 0.497 e. The molecule has 0 unspecified atom stereocenters. The van der Waals surface area contributed by atoms with Gasteiger partial charge in [-0.25, -0.2) is 33.8 Å². The first-order valence-corrected chi connectivity index (χ1v) is 43.6. The van der Waals surface area contributed by atoms with Crippen LogP contribution in [-0.4, -0.2) is 139 Å². The molecule has 126 heavy (non-hydrogen) atoms. The van der Waals surface area contributed by atoms with E-state index < -0.39 is 24.7 Å². The Morgan fingerprint density at radius 1 is 0.405 bits per heavy atom. The van der Waals surface area contributed by atoms with E-state index in [0.717, 1.165) is 135 Å². The van der Waals surface area contributed by atoms with E-state index in [2.05, 4.69) is 50.1 Å². The maximum absolute atomic E-state index is 13.4. The molecule has 2 aromatic heterocycles. The van der Waals surface area contributed by atoms with Gasteiger partial charge in [-0.15, -0.1) is 11.3 Å². The fourth-order valence-corrected chi connectivity index (χ4v) is 14.9. The average molecular weight is 1760 g/mol. The van der Waals surface area contributed by atoms with Crippen LogP contribution in [-0.2, 0) is 66.8 Å². The normalized spacial score (nSPS) is 15.0. The summed E-state index contributed by atoms with van der Waals surface area (Å²) in [5, 5.41) is 1.68. The number of methoxy groups -OCH3 is 4. The van der Waals surface area contributed by atoms with Crippen LogP contribution < -0.4 is 37.9 Å². The van der Waals surface area contributed by atoms with Crippen LogP contribution in [0, 0.1) is 30.6 Å². The van der Waals surface area contributed by atoms with Crippen molar-refractivity contribution in [3.63, 3.8) is 0 Å². The van der Waals surface area contributed by atoms with Gasteiger partial charge in [-0.2, -0.15) is 0 Å². The highest BCUT2D eigenvalue weighted by Crippen LogP contribution is 2.46. The van der Waals surface area contributed by atoms with Gasteiger partial charge in [-0.1, -0.05) is 57.7 Å². The topological polar surface area (TPSA) is 326 Å². The number of carbonyl (C=O) groups is 10. The minimum Gasteiger partial charge on any atom is -0.497 e. The first-order chi connectivity index (χ1) is 61.0. The minimum absolute atomic E-state index is 0.00871. The van der Waals surface area contributed by atoms with Crippen molar-refractivity contribution in [2.45, 2.75) is 174 Å². The number of hydrogen-bond donors (Lipinski definition) is 0. The number of aromatic nitrogens is 1. The fourth-order valence-electron chi connectivity index (χ4n) is 13.9. The standard InChI is InChI=1S/C40H45NO7S.C17H22O5.C16H22O4.C14H18O4.C12H12O5/c1-22-9-18-30(27-7-5-4-6-8-27)36-31(22)21-34(46-36)38-41-35-32(47-39(44)28-14-10-25(11-15-28)23(2)42)19-20-33(37(35)49-38)48-40(45)29-16-12-26(13-17-29)24(3)43;1-3-16(18)21-12-6-4-5-7-13-22-17(19)14-8-10-15(20-2)11-9-14;1-3-16(17)20-13-7-5-4-6-12-19-15-10-8-14(18-2)9-11-15;1-3-14(15)18-11-5-4-10-17-13-8-6-12(16-2)7-9-13;1-3-11(13)16-8-17-12(14)9-4-6-10(15-2)7-5-9/h9,18-21,25-29H,4-8,10-17H2,1-3H3;3,8-11H,1,4-7,12-13H2,2H3;3,8-11H,1,4-7,12-13H2,2H3;3,6-9H,1,4-5,10-11H2,2H3;3-7H,1,8H2,2H3. The van der Waals surface area contributed by atoms with Gasteiger partial charge in [-0.3, -0.25) is 19.2 Å². The molecule has 8 aromatic rings. The van der Waals surface area contributed by atoms with Crippen LogP contribution in [0.15, 0.2) is 182 Å². The van der Waals surface area contributed by atoms with Crippen molar-refractivity contribution < 1.29 is 119 Å². The number of benzene rings is 6. The Balaban J connectivity index is 0.000000237. The summed E-state index contributed by atoms with van der Waals surface area (Å²) < 4.78 is 79.5. The molecular formula is C99H119NO25S. The summed E-state index contributed by atoms with van der Waals surface area (Å²) in [6.45, 7) is 21.0. The number of esters is 8. The number of Topliss-reactive ketones (excluding diaryl/α,β-unsaturated/α-hetero) is 2. The molecule has 26 nitrogen and oxygen atoms in total. The van der Waals surface area contributed by atoms with Gasteiger partial charge in [0.25, 0.3) is 0 Å². The van der Waals surface area contributed by atoms with Gasteiger partial charge >= 0.3 is 47.8 Å². The zero-order valence-electron chi connectivity index (χ0n) is 73.4. The number of thiazole rings is 1. The number of nitrogens with zero attached hydrogens (tertiary/aromatic N) is 1. The third-order valence-corrected chi connectivity index (χ3v) is 22.4. The third-order valence-electron chi connectivity index (χ3n) is 21.3. The van der Waals surface area contributed by atoms with Crippen LogP contribution in [0.25, 0.3) is 32.0 Å². The molecule has 3 aliphatic carbocycles. The summed E-state index contributed by atoms with van der Waals surface area (Å²) in [4.78, 5) is 122. The molecule has 0 aliphatic heterocycles. The number of aryl methyl sites for hydroxylation is 1. The molecule has 11 rings (SSSR count). The number of unbranched alkanes of at least 4 members (excludes halogenated alkanes) is 7. The molecule has 0 N–H and O–H groups in total. The smallest absolute Gasteiger partial charge is 0.341 e. The minimum atomic E-state index is -0.646.